The van der Waals surface area contributed by atoms with Gasteiger partial charge in [0.15, 0.2) is 0 Å². The number of aliphatic hydroxyl groups is 1. The molecule has 0 spiro atoms. The number of phosphoric acid groups is 1. The van der Waals surface area contributed by atoms with Crippen LogP contribution in [-0.4, -0.2) is 26.6 Å². The molecule has 0 aromatic carbocycles. The Morgan fingerprint density at radius 2 is 1.24 bits per heavy atom. The maximum Gasteiger partial charge on any atom is 0.469 e. The first-order valence-electron chi connectivity index (χ1n) is 10.1. The van der Waals surface area contributed by atoms with Crippen LogP contribution in [0.3, 0.4) is 0 Å². The molecule has 0 amide bonds. The zero-order valence-corrected chi connectivity index (χ0v) is 17.5. The van der Waals surface area contributed by atoms with Crippen LogP contribution in [0.4, 0.5) is 0 Å². The number of hydrogen-bond donors (Lipinski definition) is 3. The van der Waals surface area contributed by atoms with Crippen LogP contribution in [0.25, 0.3) is 0 Å². The fourth-order valence-electron chi connectivity index (χ4n) is 3.16. The largest absolute Gasteiger partial charge is 0.469 e. The van der Waals surface area contributed by atoms with E-state index in [1.807, 2.05) is 0 Å². The minimum absolute atomic E-state index is 0.232. The molecule has 0 aliphatic rings. The smallest absolute Gasteiger partial charge is 0.390 e. The molecule has 0 aliphatic carbocycles. The van der Waals surface area contributed by atoms with Crippen molar-refractivity contribution >= 4 is 7.82 Å². The lowest BCUT2D eigenvalue weighted by Crippen LogP contribution is -2.27. The van der Waals surface area contributed by atoms with Gasteiger partial charge < -0.3 is 14.9 Å². The summed E-state index contributed by atoms with van der Waals surface area (Å²) in [4.78, 5) is 18.0. The molecule has 1 unspecified atom stereocenters. The van der Waals surface area contributed by atoms with E-state index >= 15 is 0 Å². The average molecular weight is 381 g/mol. The van der Waals surface area contributed by atoms with Gasteiger partial charge in [0.2, 0.25) is 0 Å². The molecule has 0 fully saturated rings. The van der Waals surface area contributed by atoms with Gasteiger partial charge in [-0.05, 0) is 20.3 Å². The predicted molar refractivity (Wildman–Crippen MR) is 104 cm³/mol. The Morgan fingerprint density at radius 1 is 0.840 bits per heavy atom. The summed E-state index contributed by atoms with van der Waals surface area (Å²) >= 11 is 0. The molecule has 0 aromatic rings. The van der Waals surface area contributed by atoms with Gasteiger partial charge in [-0.1, -0.05) is 84.0 Å². The summed E-state index contributed by atoms with van der Waals surface area (Å²) in [5, 5.41) is 9.84. The lowest BCUT2D eigenvalue weighted by atomic mass is 9.97. The number of phosphoric ester groups is 1. The average Bonchev–Trinajstić information content (AvgIpc) is 2.45. The molecule has 3 N–H and O–H groups in total. The number of hydrogen-bond acceptors (Lipinski definition) is 3. The topological polar surface area (TPSA) is 87.0 Å². The van der Waals surface area contributed by atoms with E-state index < -0.39 is 19.5 Å². The van der Waals surface area contributed by atoms with Crippen LogP contribution in [0.5, 0.6) is 0 Å². The highest BCUT2D eigenvalue weighted by atomic mass is 31.2. The monoisotopic (exact) mass is 380 g/mol. The maximum absolute atomic E-state index is 11.0. The third-order valence-electron chi connectivity index (χ3n) is 4.39. The zero-order chi connectivity index (χ0) is 19.2. The fraction of sp³-hybridized carbons (Fsp3) is 1.00. The molecular formula is C19H41O5P. The van der Waals surface area contributed by atoms with Crippen LogP contribution in [0.2, 0.25) is 0 Å². The van der Waals surface area contributed by atoms with Gasteiger partial charge in [-0.3, -0.25) is 4.52 Å². The third-order valence-corrected chi connectivity index (χ3v) is 4.97. The van der Waals surface area contributed by atoms with Crippen LogP contribution in [0.1, 0.15) is 111 Å². The van der Waals surface area contributed by atoms with Gasteiger partial charge in [0.05, 0.1) is 11.7 Å². The van der Waals surface area contributed by atoms with Gasteiger partial charge >= 0.3 is 7.82 Å². The van der Waals surface area contributed by atoms with E-state index in [1.54, 1.807) is 13.8 Å². The Kier molecular flexibility index (Phi) is 14.2. The molecule has 0 bridgehead atoms. The van der Waals surface area contributed by atoms with Crippen molar-refractivity contribution in [2.45, 2.75) is 122 Å². The molecular weight excluding hydrogens is 339 g/mol. The number of rotatable bonds is 17. The second-order valence-corrected chi connectivity index (χ2v) is 9.10. The molecule has 152 valence electrons. The summed E-state index contributed by atoms with van der Waals surface area (Å²) in [6, 6.07) is 0. The van der Waals surface area contributed by atoms with Crippen molar-refractivity contribution in [1.29, 1.82) is 0 Å². The Morgan fingerprint density at radius 3 is 1.60 bits per heavy atom. The van der Waals surface area contributed by atoms with Gasteiger partial charge in [-0.15, -0.1) is 0 Å². The molecule has 0 aliphatic heterocycles. The van der Waals surface area contributed by atoms with Gasteiger partial charge in [-0.2, -0.15) is 0 Å². The summed E-state index contributed by atoms with van der Waals surface area (Å²) in [7, 11) is -4.50. The molecule has 0 radical (unpaired) electrons. The summed E-state index contributed by atoms with van der Waals surface area (Å²) in [6.07, 6.45) is 15.2. The van der Waals surface area contributed by atoms with E-state index in [1.165, 1.54) is 57.8 Å². The summed E-state index contributed by atoms with van der Waals surface area (Å²) in [5.74, 6) is 0. The first-order chi connectivity index (χ1) is 11.6. The molecule has 0 heterocycles. The molecule has 6 heteroatoms. The molecule has 0 rings (SSSR count). The van der Waals surface area contributed by atoms with E-state index in [0.717, 1.165) is 19.3 Å². The first-order valence-corrected chi connectivity index (χ1v) is 11.6. The zero-order valence-electron chi connectivity index (χ0n) is 16.6. The van der Waals surface area contributed by atoms with Crippen molar-refractivity contribution in [3.63, 3.8) is 0 Å². The minimum atomic E-state index is -4.50. The quantitative estimate of drug-likeness (QED) is 0.222. The normalized spacial score (nSPS) is 14.0. The van der Waals surface area contributed by atoms with Crippen molar-refractivity contribution in [1.82, 2.24) is 0 Å². The molecule has 0 saturated carbocycles. The highest BCUT2D eigenvalue weighted by Gasteiger charge is 2.27. The Labute approximate surface area is 154 Å². The van der Waals surface area contributed by atoms with Crippen LogP contribution in [0.15, 0.2) is 0 Å². The van der Waals surface area contributed by atoms with E-state index in [4.69, 9.17) is 14.3 Å². The van der Waals surface area contributed by atoms with E-state index in [9.17, 15) is 9.67 Å². The second-order valence-electron chi connectivity index (χ2n) is 7.91. The van der Waals surface area contributed by atoms with Crippen molar-refractivity contribution < 1.29 is 24.0 Å². The SMILES string of the molecule is CCCCCCCCCCCCCCC(CC(C)(C)O)OP(=O)(O)O. The van der Waals surface area contributed by atoms with E-state index in [0.29, 0.717) is 6.42 Å². The predicted octanol–water partition coefficient (Wildman–Crippen LogP) is 5.72. The Balaban J connectivity index is 3.66. The molecule has 1 atom stereocenters. The standard InChI is InChI=1S/C19H41O5P/c1-4-5-6-7-8-9-10-11-12-13-14-15-16-18(17-19(2,3)20)24-25(21,22)23/h18,20H,4-17H2,1-3H3,(H2,21,22,23). The summed E-state index contributed by atoms with van der Waals surface area (Å²) in [5.41, 5.74) is -0.989. The van der Waals surface area contributed by atoms with E-state index in [-0.39, 0.29) is 6.42 Å². The molecule has 25 heavy (non-hydrogen) atoms. The maximum atomic E-state index is 11.0. The Hall–Kier alpha value is 0.0700. The highest BCUT2D eigenvalue weighted by Crippen LogP contribution is 2.40. The van der Waals surface area contributed by atoms with Gasteiger partial charge in [0, 0.05) is 6.42 Å². The third kappa shape index (κ3) is 20.2. The molecule has 0 aromatic heterocycles. The summed E-state index contributed by atoms with van der Waals surface area (Å²) in [6.45, 7) is 5.50. The van der Waals surface area contributed by atoms with Crippen molar-refractivity contribution in [2.24, 2.45) is 0 Å². The van der Waals surface area contributed by atoms with Gasteiger partial charge in [0.1, 0.15) is 0 Å². The highest BCUT2D eigenvalue weighted by molar-refractivity contribution is 7.46. The van der Waals surface area contributed by atoms with Crippen molar-refractivity contribution in [2.75, 3.05) is 0 Å². The molecule has 5 nitrogen and oxygen atoms in total. The van der Waals surface area contributed by atoms with E-state index in [2.05, 4.69) is 6.92 Å². The van der Waals surface area contributed by atoms with Crippen LogP contribution < -0.4 is 0 Å². The molecule has 0 saturated heterocycles. The van der Waals surface area contributed by atoms with Crippen LogP contribution >= 0.6 is 7.82 Å². The minimum Gasteiger partial charge on any atom is -0.390 e. The Bertz CT molecular complexity index is 348. The van der Waals surface area contributed by atoms with Crippen molar-refractivity contribution in [3.05, 3.63) is 0 Å². The lowest BCUT2D eigenvalue weighted by molar-refractivity contribution is 0.0142. The van der Waals surface area contributed by atoms with Crippen molar-refractivity contribution in [3.8, 4) is 0 Å². The van der Waals surface area contributed by atoms with Crippen LogP contribution in [-0.2, 0) is 9.09 Å². The van der Waals surface area contributed by atoms with Crippen LogP contribution in [0, 0.1) is 0 Å². The first kappa shape index (κ1) is 25.1. The fourth-order valence-corrected chi connectivity index (χ4v) is 3.72. The number of unbranched alkanes of at least 4 members (excludes halogenated alkanes) is 11. The van der Waals surface area contributed by atoms with Gasteiger partial charge in [-0.25, -0.2) is 4.57 Å². The summed E-state index contributed by atoms with van der Waals surface area (Å²) < 4.78 is 15.9. The second kappa shape index (κ2) is 14.2. The van der Waals surface area contributed by atoms with Gasteiger partial charge in [0.25, 0.3) is 0 Å². The lowest BCUT2D eigenvalue weighted by Gasteiger charge is -2.25.